The van der Waals surface area contributed by atoms with Crippen molar-refractivity contribution in [1.82, 2.24) is 9.29 Å². The van der Waals surface area contributed by atoms with Gasteiger partial charge in [-0.1, -0.05) is 25.3 Å². The van der Waals surface area contributed by atoms with E-state index < -0.39 is 21.8 Å². The summed E-state index contributed by atoms with van der Waals surface area (Å²) in [7, 11) is -3.91. The van der Waals surface area contributed by atoms with Gasteiger partial charge in [0.15, 0.2) is 0 Å². The highest BCUT2D eigenvalue weighted by Gasteiger charge is 2.34. The molecule has 0 bridgehead atoms. The average Bonchev–Trinajstić information content (AvgIpc) is 3.00. The Morgan fingerprint density at radius 1 is 1.23 bits per heavy atom. The summed E-state index contributed by atoms with van der Waals surface area (Å²) in [6, 6.07) is 4.97. The Kier molecular flexibility index (Phi) is 6.98. The van der Waals surface area contributed by atoms with Crippen molar-refractivity contribution in [2.24, 2.45) is 0 Å². The number of halogens is 1. The Bertz CT molecular complexity index is 1010. The number of aryl methyl sites for hydroxylation is 1. The SMILES string of the molecule is CCOC(=O)c1[nH]c(C)c(CN(C2CCCCC2)S(=O)(=O)c2cccc(F)c2)c1C. The Labute approximate surface area is 177 Å². The Morgan fingerprint density at radius 3 is 2.57 bits per heavy atom. The molecule has 164 valence electrons. The lowest BCUT2D eigenvalue weighted by molar-refractivity contribution is 0.0519. The smallest absolute Gasteiger partial charge is 0.355 e. The van der Waals surface area contributed by atoms with E-state index in [2.05, 4.69) is 4.98 Å². The first-order chi connectivity index (χ1) is 14.3. The van der Waals surface area contributed by atoms with Gasteiger partial charge in [0.25, 0.3) is 0 Å². The molecule has 0 amide bonds. The van der Waals surface area contributed by atoms with Crippen LogP contribution in [-0.4, -0.2) is 36.3 Å². The van der Waals surface area contributed by atoms with E-state index in [-0.39, 0.29) is 24.1 Å². The summed E-state index contributed by atoms with van der Waals surface area (Å²) in [6.07, 6.45) is 4.53. The molecule has 30 heavy (non-hydrogen) atoms. The molecule has 1 fully saturated rings. The van der Waals surface area contributed by atoms with Gasteiger partial charge in [0, 0.05) is 18.3 Å². The molecule has 1 N–H and O–H groups in total. The fourth-order valence-corrected chi connectivity index (χ4v) is 5.82. The minimum absolute atomic E-state index is 0.0514. The standard InChI is InChI=1S/C22H29FN2O4S/c1-4-29-22(26)21-15(2)20(16(3)24-21)14-25(18-10-6-5-7-11-18)30(27,28)19-12-8-9-17(23)13-19/h8-9,12-13,18,24H,4-7,10-11,14H2,1-3H3. The van der Waals surface area contributed by atoms with Crippen molar-refractivity contribution < 1.29 is 22.3 Å². The van der Waals surface area contributed by atoms with E-state index in [1.807, 2.05) is 6.92 Å². The topological polar surface area (TPSA) is 79.5 Å². The van der Waals surface area contributed by atoms with Crippen LogP contribution in [0, 0.1) is 19.7 Å². The minimum atomic E-state index is -3.91. The molecule has 0 radical (unpaired) electrons. The van der Waals surface area contributed by atoms with Crippen LogP contribution in [0.15, 0.2) is 29.2 Å². The third kappa shape index (κ3) is 4.59. The lowest BCUT2D eigenvalue weighted by Gasteiger charge is -2.33. The first kappa shape index (κ1) is 22.5. The van der Waals surface area contributed by atoms with Crippen molar-refractivity contribution in [3.63, 3.8) is 0 Å². The quantitative estimate of drug-likeness (QED) is 0.650. The number of aromatic amines is 1. The lowest BCUT2D eigenvalue weighted by atomic mass is 9.95. The maximum atomic E-state index is 13.8. The van der Waals surface area contributed by atoms with Crippen LogP contribution in [-0.2, 0) is 21.3 Å². The molecule has 0 unspecified atom stereocenters. The van der Waals surface area contributed by atoms with E-state index in [1.165, 1.54) is 22.5 Å². The number of carbonyl (C=O) groups is 1. The maximum absolute atomic E-state index is 13.8. The van der Waals surface area contributed by atoms with E-state index in [4.69, 9.17) is 4.74 Å². The number of nitrogens with one attached hydrogen (secondary N) is 1. The van der Waals surface area contributed by atoms with Gasteiger partial charge in [-0.2, -0.15) is 4.31 Å². The second kappa shape index (κ2) is 9.31. The average molecular weight is 437 g/mol. The van der Waals surface area contributed by atoms with E-state index in [0.717, 1.165) is 49.4 Å². The largest absolute Gasteiger partial charge is 0.461 e. The number of aromatic nitrogens is 1. The monoisotopic (exact) mass is 436 g/mol. The molecule has 0 aliphatic heterocycles. The minimum Gasteiger partial charge on any atom is -0.461 e. The number of rotatable bonds is 7. The number of ether oxygens (including phenoxy) is 1. The van der Waals surface area contributed by atoms with Crippen molar-refractivity contribution in [2.75, 3.05) is 6.61 Å². The van der Waals surface area contributed by atoms with Crippen LogP contribution in [0.1, 0.15) is 66.3 Å². The highest BCUT2D eigenvalue weighted by atomic mass is 32.2. The second-order valence-corrected chi connectivity index (χ2v) is 9.64. The number of hydrogen-bond acceptors (Lipinski definition) is 4. The molecule has 3 rings (SSSR count). The number of sulfonamides is 1. The van der Waals surface area contributed by atoms with Gasteiger partial charge in [-0.25, -0.2) is 17.6 Å². The molecule has 1 aliphatic carbocycles. The van der Waals surface area contributed by atoms with Gasteiger partial charge in [0.2, 0.25) is 10.0 Å². The zero-order valence-electron chi connectivity index (χ0n) is 17.7. The number of benzene rings is 1. The molecular formula is C22H29FN2O4S. The molecular weight excluding hydrogens is 407 g/mol. The molecule has 1 aromatic carbocycles. The van der Waals surface area contributed by atoms with Gasteiger partial charge in [0.05, 0.1) is 11.5 Å². The summed E-state index contributed by atoms with van der Waals surface area (Å²) < 4.78 is 47.4. The number of esters is 1. The number of hydrogen-bond donors (Lipinski definition) is 1. The molecule has 0 spiro atoms. The van der Waals surface area contributed by atoms with Crippen molar-refractivity contribution in [3.8, 4) is 0 Å². The van der Waals surface area contributed by atoms with Crippen LogP contribution in [0.3, 0.4) is 0 Å². The highest BCUT2D eigenvalue weighted by Crippen LogP contribution is 2.31. The molecule has 1 aliphatic rings. The van der Waals surface area contributed by atoms with Gasteiger partial charge in [-0.3, -0.25) is 0 Å². The molecule has 8 heteroatoms. The number of H-pyrrole nitrogens is 1. The molecule has 1 aromatic heterocycles. The van der Waals surface area contributed by atoms with Crippen molar-refractivity contribution >= 4 is 16.0 Å². The molecule has 2 aromatic rings. The summed E-state index contributed by atoms with van der Waals surface area (Å²) in [4.78, 5) is 15.2. The third-order valence-electron chi connectivity index (χ3n) is 5.77. The van der Waals surface area contributed by atoms with Crippen LogP contribution in [0.5, 0.6) is 0 Å². The van der Waals surface area contributed by atoms with Crippen LogP contribution >= 0.6 is 0 Å². The van der Waals surface area contributed by atoms with Crippen LogP contribution < -0.4 is 0 Å². The summed E-state index contributed by atoms with van der Waals surface area (Å²) in [5.41, 5.74) is 2.51. The summed E-state index contributed by atoms with van der Waals surface area (Å²) in [6.45, 7) is 5.73. The zero-order valence-corrected chi connectivity index (χ0v) is 18.5. The van der Waals surface area contributed by atoms with Gasteiger partial charge in [0.1, 0.15) is 11.5 Å². The lowest BCUT2D eigenvalue weighted by Crippen LogP contribution is -2.41. The number of nitrogens with zero attached hydrogens (tertiary/aromatic N) is 1. The van der Waals surface area contributed by atoms with Crippen molar-refractivity contribution in [2.45, 2.75) is 70.4 Å². The van der Waals surface area contributed by atoms with Crippen LogP contribution in [0.25, 0.3) is 0 Å². The fourth-order valence-electron chi connectivity index (χ4n) is 4.13. The number of carbonyl (C=O) groups excluding carboxylic acids is 1. The predicted molar refractivity (Wildman–Crippen MR) is 112 cm³/mol. The van der Waals surface area contributed by atoms with Crippen molar-refractivity contribution in [3.05, 3.63) is 52.6 Å². The van der Waals surface area contributed by atoms with Crippen molar-refractivity contribution in [1.29, 1.82) is 0 Å². The Balaban J connectivity index is 2.01. The van der Waals surface area contributed by atoms with E-state index in [1.54, 1.807) is 13.8 Å². The normalized spacial score (nSPS) is 15.5. The first-order valence-electron chi connectivity index (χ1n) is 10.4. The Hall–Kier alpha value is -2.19. The van der Waals surface area contributed by atoms with Gasteiger partial charge >= 0.3 is 5.97 Å². The molecule has 0 atom stereocenters. The zero-order chi connectivity index (χ0) is 21.9. The fraction of sp³-hybridized carbons (Fsp3) is 0.500. The van der Waals surface area contributed by atoms with Gasteiger partial charge in [-0.15, -0.1) is 0 Å². The van der Waals surface area contributed by atoms with E-state index >= 15 is 0 Å². The molecule has 0 saturated heterocycles. The predicted octanol–water partition coefficient (Wildman–Crippen LogP) is 4.47. The van der Waals surface area contributed by atoms with Crippen LogP contribution in [0.4, 0.5) is 4.39 Å². The van der Waals surface area contributed by atoms with Gasteiger partial charge < -0.3 is 9.72 Å². The molecule has 1 saturated carbocycles. The first-order valence-corrected chi connectivity index (χ1v) is 11.8. The Morgan fingerprint density at radius 2 is 1.93 bits per heavy atom. The van der Waals surface area contributed by atoms with E-state index in [0.29, 0.717) is 11.3 Å². The summed E-state index contributed by atoms with van der Waals surface area (Å²) in [5, 5.41) is 0. The van der Waals surface area contributed by atoms with E-state index in [9.17, 15) is 17.6 Å². The highest BCUT2D eigenvalue weighted by molar-refractivity contribution is 7.89. The molecule has 6 nitrogen and oxygen atoms in total. The third-order valence-corrected chi connectivity index (χ3v) is 7.67. The molecule has 1 heterocycles. The maximum Gasteiger partial charge on any atom is 0.355 e. The second-order valence-electron chi connectivity index (χ2n) is 7.75. The van der Waals surface area contributed by atoms with Crippen LogP contribution in [0.2, 0.25) is 0 Å². The summed E-state index contributed by atoms with van der Waals surface area (Å²) in [5.74, 6) is -1.04. The summed E-state index contributed by atoms with van der Waals surface area (Å²) >= 11 is 0. The van der Waals surface area contributed by atoms with Gasteiger partial charge in [-0.05, 0) is 62.9 Å².